The summed E-state index contributed by atoms with van der Waals surface area (Å²) in [5.74, 6) is -0.833. The molecule has 2 aromatic rings. The molecule has 0 unspecified atom stereocenters. The van der Waals surface area contributed by atoms with Crippen molar-refractivity contribution in [3.8, 4) is 11.1 Å². The second-order valence-corrected chi connectivity index (χ2v) is 5.52. The number of urea groups is 1. The number of carbonyl (C=O) groups is 1. The molecule has 0 spiro atoms. The maximum Gasteiger partial charge on any atom is 0.321 e. The molecular formula is C17H16F2N2O2. The van der Waals surface area contributed by atoms with Crippen LogP contribution in [0.4, 0.5) is 19.3 Å². The van der Waals surface area contributed by atoms with Gasteiger partial charge in [0, 0.05) is 18.7 Å². The number of aliphatic hydroxyl groups is 1. The van der Waals surface area contributed by atoms with Gasteiger partial charge in [-0.25, -0.2) is 13.6 Å². The molecule has 120 valence electrons. The number of β-amino-alcohol motifs (C(OH)–C–C–N with tert-alkyl or cyclic N) is 1. The Morgan fingerprint density at radius 3 is 2.48 bits per heavy atom. The summed E-state index contributed by atoms with van der Waals surface area (Å²) < 4.78 is 26.6. The molecule has 3 rings (SSSR count). The number of carbonyl (C=O) groups excluding carboxylic acids is 1. The van der Waals surface area contributed by atoms with Crippen molar-refractivity contribution < 1.29 is 18.7 Å². The number of likely N-dealkylation sites (tertiary alicyclic amines) is 1. The van der Waals surface area contributed by atoms with Crippen molar-refractivity contribution in [1.82, 2.24) is 4.90 Å². The Morgan fingerprint density at radius 2 is 1.83 bits per heavy atom. The van der Waals surface area contributed by atoms with Crippen LogP contribution in [0.5, 0.6) is 0 Å². The van der Waals surface area contributed by atoms with Crippen LogP contribution < -0.4 is 5.32 Å². The first-order valence-electron chi connectivity index (χ1n) is 7.32. The number of hydrogen-bond acceptors (Lipinski definition) is 2. The quantitative estimate of drug-likeness (QED) is 0.893. The average Bonchev–Trinajstić information content (AvgIpc) is 2.96. The van der Waals surface area contributed by atoms with Crippen LogP contribution in [0.25, 0.3) is 11.1 Å². The minimum absolute atomic E-state index is 0.277. The number of halogens is 2. The molecule has 4 nitrogen and oxygen atoms in total. The van der Waals surface area contributed by atoms with Gasteiger partial charge in [0.1, 0.15) is 11.6 Å². The van der Waals surface area contributed by atoms with E-state index in [0.29, 0.717) is 29.8 Å². The first-order valence-corrected chi connectivity index (χ1v) is 7.32. The van der Waals surface area contributed by atoms with Crippen LogP contribution in [0.1, 0.15) is 6.42 Å². The Bertz CT molecular complexity index is 719. The van der Waals surface area contributed by atoms with Crippen molar-refractivity contribution in [3.05, 3.63) is 54.1 Å². The average molecular weight is 318 g/mol. The van der Waals surface area contributed by atoms with Crippen molar-refractivity contribution >= 4 is 11.7 Å². The molecule has 6 heteroatoms. The van der Waals surface area contributed by atoms with Gasteiger partial charge in [-0.05, 0) is 42.3 Å². The molecule has 2 amide bonds. The fourth-order valence-corrected chi connectivity index (χ4v) is 2.61. The third-order valence-corrected chi connectivity index (χ3v) is 3.83. The molecule has 2 N–H and O–H groups in total. The highest BCUT2D eigenvalue weighted by molar-refractivity contribution is 5.94. The lowest BCUT2D eigenvalue weighted by atomic mass is 10.0. The van der Waals surface area contributed by atoms with E-state index >= 15 is 0 Å². The fourth-order valence-electron chi connectivity index (χ4n) is 2.61. The van der Waals surface area contributed by atoms with E-state index in [1.54, 1.807) is 0 Å². The van der Waals surface area contributed by atoms with E-state index in [4.69, 9.17) is 0 Å². The summed E-state index contributed by atoms with van der Waals surface area (Å²) in [7, 11) is 0. The molecular weight excluding hydrogens is 302 g/mol. The van der Waals surface area contributed by atoms with E-state index in [1.807, 2.05) is 0 Å². The van der Waals surface area contributed by atoms with E-state index in [0.717, 1.165) is 0 Å². The van der Waals surface area contributed by atoms with Gasteiger partial charge < -0.3 is 15.3 Å². The van der Waals surface area contributed by atoms with Crippen molar-refractivity contribution in [1.29, 1.82) is 0 Å². The van der Waals surface area contributed by atoms with E-state index in [-0.39, 0.29) is 18.4 Å². The zero-order valence-electron chi connectivity index (χ0n) is 12.3. The summed E-state index contributed by atoms with van der Waals surface area (Å²) in [5, 5.41) is 12.2. The predicted octanol–water partition coefficient (Wildman–Crippen LogP) is 3.23. The minimum Gasteiger partial charge on any atom is -0.391 e. The lowest BCUT2D eigenvalue weighted by Crippen LogP contribution is -2.33. The molecule has 1 atom stereocenters. The van der Waals surface area contributed by atoms with Gasteiger partial charge in [-0.2, -0.15) is 0 Å². The molecule has 0 bridgehead atoms. The molecule has 1 heterocycles. The summed E-state index contributed by atoms with van der Waals surface area (Å²) in [6.45, 7) is 0.749. The summed E-state index contributed by atoms with van der Waals surface area (Å²) in [6.07, 6.45) is 0.0345. The standard InChI is InChI=1S/C17H16F2N2O2/c18-12-3-1-11(2-4-12)15-9-13(19)5-6-16(15)20-17(23)21-8-7-14(22)10-21/h1-6,9,14,22H,7-8,10H2,(H,20,23)/t14-/m1/s1. The maximum absolute atomic E-state index is 13.6. The lowest BCUT2D eigenvalue weighted by molar-refractivity contribution is 0.176. The maximum atomic E-state index is 13.6. The van der Waals surface area contributed by atoms with Crippen molar-refractivity contribution in [2.45, 2.75) is 12.5 Å². The van der Waals surface area contributed by atoms with E-state index < -0.39 is 11.9 Å². The molecule has 0 aliphatic carbocycles. The summed E-state index contributed by atoms with van der Waals surface area (Å²) in [4.78, 5) is 13.7. The van der Waals surface area contributed by atoms with Gasteiger partial charge in [0.05, 0.1) is 11.8 Å². The molecule has 1 aliphatic rings. The van der Waals surface area contributed by atoms with Gasteiger partial charge in [-0.15, -0.1) is 0 Å². The van der Waals surface area contributed by atoms with E-state index in [9.17, 15) is 18.7 Å². The second-order valence-electron chi connectivity index (χ2n) is 5.52. The highest BCUT2D eigenvalue weighted by atomic mass is 19.1. The van der Waals surface area contributed by atoms with Gasteiger partial charge in [0.25, 0.3) is 0 Å². The highest BCUT2D eigenvalue weighted by Crippen LogP contribution is 2.29. The first kappa shape index (κ1) is 15.4. The number of aliphatic hydroxyl groups excluding tert-OH is 1. The van der Waals surface area contributed by atoms with Crippen LogP contribution in [0.15, 0.2) is 42.5 Å². The van der Waals surface area contributed by atoms with Crippen molar-refractivity contribution in [2.24, 2.45) is 0 Å². The number of benzene rings is 2. The molecule has 1 fully saturated rings. The van der Waals surface area contributed by atoms with Crippen LogP contribution in [-0.4, -0.2) is 35.2 Å². The Balaban J connectivity index is 1.87. The third-order valence-electron chi connectivity index (χ3n) is 3.83. The summed E-state index contributed by atoms with van der Waals surface area (Å²) in [5.41, 5.74) is 1.50. The molecule has 1 saturated heterocycles. The number of amides is 2. The number of anilines is 1. The topological polar surface area (TPSA) is 52.6 Å². The summed E-state index contributed by atoms with van der Waals surface area (Å²) >= 11 is 0. The smallest absolute Gasteiger partial charge is 0.321 e. The Labute approximate surface area is 132 Å². The molecule has 0 radical (unpaired) electrons. The SMILES string of the molecule is O=C(Nc1ccc(F)cc1-c1ccc(F)cc1)N1CC[C@@H](O)C1. The van der Waals surface area contributed by atoms with Gasteiger partial charge >= 0.3 is 6.03 Å². The molecule has 23 heavy (non-hydrogen) atoms. The van der Waals surface area contributed by atoms with Crippen LogP contribution in [-0.2, 0) is 0 Å². The monoisotopic (exact) mass is 318 g/mol. The second kappa shape index (κ2) is 6.34. The van der Waals surface area contributed by atoms with E-state index in [2.05, 4.69) is 5.32 Å². The highest BCUT2D eigenvalue weighted by Gasteiger charge is 2.25. The predicted molar refractivity (Wildman–Crippen MR) is 83.0 cm³/mol. The van der Waals surface area contributed by atoms with Crippen LogP contribution in [0, 0.1) is 11.6 Å². The normalized spacial score (nSPS) is 17.3. The molecule has 1 aliphatic heterocycles. The Morgan fingerprint density at radius 1 is 1.13 bits per heavy atom. The van der Waals surface area contributed by atoms with Crippen LogP contribution in [0.3, 0.4) is 0 Å². The van der Waals surface area contributed by atoms with Crippen LogP contribution >= 0.6 is 0 Å². The molecule has 0 aromatic heterocycles. The van der Waals surface area contributed by atoms with Gasteiger partial charge in [-0.3, -0.25) is 0 Å². The first-order chi connectivity index (χ1) is 11.0. The lowest BCUT2D eigenvalue weighted by Gasteiger charge is -2.18. The Kier molecular flexibility index (Phi) is 4.25. The van der Waals surface area contributed by atoms with Crippen molar-refractivity contribution in [3.63, 3.8) is 0 Å². The Hall–Kier alpha value is -2.47. The van der Waals surface area contributed by atoms with E-state index in [1.165, 1.54) is 47.4 Å². The summed E-state index contributed by atoms with van der Waals surface area (Å²) in [6, 6.07) is 9.28. The molecule has 0 saturated carbocycles. The third kappa shape index (κ3) is 3.48. The van der Waals surface area contributed by atoms with Gasteiger partial charge in [0.15, 0.2) is 0 Å². The van der Waals surface area contributed by atoms with Gasteiger partial charge in [-0.1, -0.05) is 12.1 Å². The van der Waals surface area contributed by atoms with Gasteiger partial charge in [0.2, 0.25) is 0 Å². The number of rotatable bonds is 2. The minimum atomic E-state index is -0.509. The zero-order valence-corrected chi connectivity index (χ0v) is 12.3. The number of hydrogen-bond donors (Lipinski definition) is 2. The van der Waals surface area contributed by atoms with Crippen LogP contribution in [0.2, 0.25) is 0 Å². The number of nitrogens with one attached hydrogen (secondary N) is 1. The fraction of sp³-hybridized carbons (Fsp3) is 0.235. The largest absolute Gasteiger partial charge is 0.391 e. The van der Waals surface area contributed by atoms with Crippen molar-refractivity contribution in [2.75, 3.05) is 18.4 Å². The number of nitrogens with zero attached hydrogens (tertiary/aromatic N) is 1. The molecule has 2 aromatic carbocycles. The zero-order chi connectivity index (χ0) is 16.4.